The summed E-state index contributed by atoms with van der Waals surface area (Å²) >= 11 is 5.59. The Labute approximate surface area is 135 Å². The molecule has 2 aromatic rings. The Kier molecular flexibility index (Phi) is 5.44. The average Bonchev–Trinajstić information content (AvgIpc) is 2.52. The van der Waals surface area contributed by atoms with Crippen LogP contribution in [0.5, 0.6) is 0 Å². The van der Waals surface area contributed by atoms with Crippen molar-refractivity contribution >= 4 is 23.2 Å². The number of pyridine rings is 1. The normalized spacial score (nSPS) is 11.1. The molecule has 0 fully saturated rings. The zero-order valence-electron chi connectivity index (χ0n) is 11.8. The van der Waals surface area contributed by atoms with Crippen molar-refractivity contribution in [2.45, 2.75) is 12.7 Å². The first kappa shape index (κ1) is 17.1. The number of aromatic nitrogens is 1. The van der Waals surface area contributed by atoms with Gasteiger partial charge in [0.05, 0.1) is 12.1 Å². The number of rotatable bonds is 5. The highest BCUT2D eigenvalue weighted by Crippen LogP contribution is 2.36. The van der Waals surface area contributed by atoms with E-state index in [1.54, 1.807) is 24.5 Å². The second kappa shape index (κ2) is 7.32. The maximum atomic E-state index is 12.9. The third-order valence-corrected chi connectivity index (χ3v) is 3.17. The molecule has 0 unspecified atom stereocenters. The molecular formula is C15H13ClF3N3O. The zero-order chi connectivity index (χ0) is 16.9. The molecule has 1 heterocycles. The van der Waals surface area contributed by atoms with Gasteiger partial charge in [0, 0.05) is 29.6 Å². The summed E-state index contributed by atoms with van der Waals surface area (Å²) in [6.07, 6.45) is -1.36. The number of anilines is 1. The second-order valence-electron chi connectivity index (χ2n) is 4.68. The van der Waals surface area contributed by atoms with Crippen molar-refractivity contribution in [3.05, 3.63) is 58.9 Å². The number of nitrogens with one attached hydrogen (secondary N) is 2. The number of hydrogen-bond acceptors (Lipinski definition) is 3. The molecule has 0 radical (unpaired) electrons. The van der Waals surface area contributed by atoms with Gasteiger partial charge in [-0.2, -0.15) is 13.2 Å². The van der Waals surface area contributed by atoms with Crippen molar-refractivity contribution in [3.63, 3.8) is 0 Å². The van der Waals surface area contributed by atoms with Gasteiger partial charge >= 0.3 is 6.18 Å². The van der Waals surface area contributed by atoms with Crippen LogP contribution in [-0.2, 0) is 17.5 Å². The average molecular weight is 344 g/mol. The minimum Gasteiger partial charge on any atom is -0.376 e. The maximum absolute atomic E-state index is 12.9. The van der Waals surface area contributed by atoms with E-state index in [4.69, 9.17) is 11.6 Å². The van der Waals surface area contributed by atoms with Gasteiger partial charge in [-0.05, 0) is 29.8 Å². The van der Waals surface area contributed by atoms with Crippen LogP contribution in [0, 0.1) is 0 Å². The molecule has 0 atom stereocenters. The molecule has 122 valence electrons. The lowest BCUT2D eigenvalue weighted by Gasteiger charge is -2.15. The lowest BCUT2D eigenvalue weighted by molar-refractivity contribution is -0.137. The SMILES string of the molecule is O=C(CNc1ccc(Cl)cc1C(F)(F)F)NCc1cccnc1. The second-order valence-corrected chi connectivity index (χ2v) is 5.12. The van der Waals surface area contributed by atoms with E-state index in [1.165, 1.54) is 12.1 Å². The van der Waals surface area contributed by atoms with Crippen LogP contribution in [0.3, 0.4) is 0 Å². The minimum absolute atomic E-state index is 0.0242. The van der Waals surface area contributed by atoms with Gasteiger partial charge in [0.15, 0.2) is 0 Å². The van der Waals surface area contributed by atoms with E-state index in [2.05, 4.69) is 15.6 Å². The Balaban J connectivity index is 1.94. The number of benzene rings is 1. The molecule has 4 nitrogen and oxygen atoms in total. The van der Waals surface area contributed by atoms with E-state index in [9.17, 15) is 18.0 Å². The molecule has 0 aliphatic heterocycles. The van der Waals surface area contributed by atoms with Gasteiger partial charge in [0.1, 0.15) is 0 Å². The van der Waals surface area contributed by atoms with Crippen molar-refractivity contribution < 1.29 is 18.0 Å². The molecule has 1 aromatic carbocycles. The van der Waals surface area contributed by atoms with E-state index in [1.807, 2.05) is 0 Å². The Morgan fingerprint density at radius 2 is 2.04 bits per heavy atom. The molecule has 1 amide bonds. The third-order valence-electron chi connectivity index (χ3n) is 2.94. The first-order chi connectivity index (χ1) is 10.9. The van der Waals surface area contributed by atoms with Crippen molar-refractivity contribution in [2.75, 3.05) is 11.9 Å². The molecule has 0 saturated heterocycles. The molecule has 0 aliphatic rings. The maximum Gasteiger partial charge on any atom is 0.418 e. The van der Waals surface area contributed by atoms with E-state index < -0.39 is 17.6 Å². The van der Waals surface area contributed by atoms with Gasteiger partial charge < -0.3 is 10.6 Å². The summed E-state index contributed by atoms with van der Waals surface area (Å²) in [4.78, 5) is 15.6. The van der Waals surface area contributed by atoms with Crippen LogP contribution >= 0.6 is 11.6 Å². The van der Waals surface area contributed by atoms with Gasteiger partial charge in [-0.25, -0.2) is 0 Å². The number of hydrogen-bond donors (Lipinski definition) is 2. The van der Waals surface area contributed by atoms with Crippen LogP contribution in [0.4, 0.5) is 18.9 Å². The van der Waals surface area contributed by atoms with Crippen molar-refractivity contribution in [1.29, 1.82) is 0 Å². The van der Waals surface area contributed by atoms with Crippen LogP contribution in [0.25, 0.3) is 0 Å². The highest BCUT2D eigenvalue weighted by Gasteiger charge is 2.33. The Morgan fingerprint density at radius 1 is 1.26 bits per heavy atom. The molecule has 8 heteroatoms. The number of nitrogens with zero attached hydrogens (tertiary/aromatic N) is 1. The topological polar surface area (TPSA) is 54.0 Å². The fraction of sp³-hybridized carbons (Fsp3) is 0.200. The van der Waals surface area contributed by atoms with Crippen molar-refractivity contribution in [3.8, 4) is 0 Å². The molecule has 2 N–H and O–H groups in total. The number of carbonyl (C=O) groups excluding carboxylic acids is 1. The van der Waals surface area contributed by atoms with Crippen molar-refractivity contribution in [1.82, 2.24) is 10.3 Å². The van der Waals surface area contributed by atoms with Crippen LogP contribution in [0.1, 0.15) is 11.1 Å². The summed E-state index contributed by atoms with van der Waals surface area (Å²) in [5, 5.41) is 5.04. The highest BCUT2D eigenvalue weighted by molar-refractivity contribution is 6.30. The molecule has 0 bridgehead atoms. The predicted octanol–water partition coefficient (Wildman–Crippen LogP) is 3.48. The van der Waals surface area contributed by atoms with Gasteiger partial charge in [0.25, 0.3) is 0 Å². The first-order valence-corrected chi connectivity index (χ1v) is 7.00. The van der Waals surface area contributed by atoms with E-state index in [0.29, 0.717) is 0 Å². The largest absolute Gasteiger partial charge is 0.418 e. The fourth-order valence-electron chi connectivity index (χ4n) is 1.85. The quantitative estimate of drug-likeness (QED) is 0.874. The molecule has 2 rings (SSSR count). The summed E-state index contributed by atoms with van der Waals surface area (Å²) in [5.41, 5.74) is -0.313. The molecule has 0 spiro atoms. The van der Waals surface area contributed by atoms with Gasteiger partial charge in [-0.3, -0.25) is 9.78 Å². The van der Waals surface area contributed by atoms with Crippen LogP contribution < -0.4 is 10.6 Å². The predicted molar refractivity (Wildman–Crippen MR) is 81.0 cm³/mol. The summed E-state index contributed by atoms with van der Waals surface area (Å²) in [6, 6.07) is 6.84. The monoisotopic (exact) mass is 343 g/mol. The zero-order valence-corrected chi connectivity index (χ0v) is 12.6. The molecule has 23 heavy (non-hydrogen) atoms. The summed E-state index contributed by atoms with van der Waals surface area (Å²) < 4.78 is 38.7. The fourth-order valence-corrected chi connectivity index (χ4v) is 2.02. The van der Waals surface area contributed by atoms with Gasteiger partial charge in [0.2, 0.25) is 5.91 Å². The van der Waals surface area contributed by atoms with E-state index in [-0.39, 0.29) is 23.8 Å². The van der Waals surface area contributed by atoms with Gasteiger partial charge in [-0.1, -0.05) is 17.7 Å². The smallest absolute Gasteiger partial charge is 0.376 e. The number of halogens is 4. The number of alkyl halides is 3. The summed E-state index contributed by atoms with van der Waals surface area (Å²) in [6.45, 7) is -0.0356. The first-order valence-electron chi connectivity index (χ1n) is 6.62. The lowest BCUT2D eigenvalue weighted by Crippen LogP contribution is -2.30. The highest BCUT2D eigenvalue weighted by atomic mass is 35.5. The minimum atomic E-state index is -4.56. The molecule has 1 aromatic heterocycles. The van der Waals surface area contributed by atoms with Gasteiger partial charge in [-0.15, -0.1) is 0 Å². The molecule has 0 saturated carbocycles. The molecular weight excluding hydrogens is 331 g/mol. The Hall–Kier alpha value is -2.28. The van der Waals surface area contributed by atoms with Crippen molar-refractivity contribution in [2.24, 2.45) is 0 Å². The van der Waals surface area contributed by atoms with E-state index in [0.717, 1.165) is 11.6 Å². The van der Waals surface area contributed by atoms with E-state index >= 15 is 0 Å². The van der Waals surface area contributed by atoms with Crippen LogP contribution in [0.15, 0.2) is 42.7 Å². The van der Waals surface area contributed by atoms with Crippen LogP contribution in [-0.4, -0.2) is 17.4 Å². The number of carbonyl (C=O) groups is 1. The molecule has 0 aliphatic carbocycles. The third kappa shape index (κ3) is 5.14. The Bertz CT molecular complexity index is 677. The number of amides is 1. The standard InChI is InChI=1S/C15H13ClF3N3O/c16-11-3-4-13(12(6-11)15(17,18)19)21-9-14(23)22-8-10-2-1-5-20-7-10/h1-7,21H,8-9H2,(H,22,23). The van der Waals surface area contributed by atoms with Crippen LogP contribution in [0.2, 0.25) is 5.02 Å². The summed E-state index contributed by atoms with van der Waals surface area (Å²) in [7, 11) is 0. The lowest BCUT2D eigenvalue weighted by atomic mass is 10.1. The summed E-state index contributed by atoms with van der Waals surface area (Å²) in [5.74, 6) is -0.433. The Morgan fingerprint density at radius 3 is 2.70 bits per heavy atom.